The maximum Gasteiger partial charge on any atom is 0.141 e. The average Bonchev–Trinajstić information content (AvgIpc) is 3.15. The van der Waals surface area contributed by atoms with E-state index in [2.05, 4.69) is 37.9 Å². The van der Waals surface area contributed by atoms with Crippen LogP contribution in [-0.4, -0.2) is 26.2 Å². The first-order valence-electron chi connectivity index (χ1n) is 7.08. The summed E-state index contributed by atoms with van der Waals surface area (Å²) in [6.07, 6.45) is 8.90. The SMILES string of the molecule is Oc1c(I)cc2oc3c(c2c1/C=N/n1cnnc1)CCCC3. The standard InChI is InChI=1S/C15H13IN4O2/c16-11-5-13-14(9-3-1-2-4-12(9)22-13)10(15(11)21)6-19-20-7-17-18-8-20/h5-8,21H,1-4H2/b19-6+. The van der Waals surface area contributed by atoms with Gasteiger partial charge in [-0.3, -0.25) is 0 Å². The molecule has 22 heavy (non-hydrogen) atoms. The van der Waals surface area contributed by atoms with Crippen LogP contribution in [0.5, 0.6) is 5.75 Å². The molecule has 0 saturated carbocycles. The zero-order valence-electron chi connectivity index (χ0n) is 11.7. The Labute approximate surface area is 140 Å². The largest absolute Gasteiger partial charge is 0.506 e. The molecule has 0 saturated heterocycles. The van der Waals surface area contributed by atoms with Crippen molar-refractivity contribution in [1.29, 1.82) is 0 Å². The minimum absolute atomic E-state index is 0.235. The van der Waals surface area contributed by atoms with Gasteiger partial charge in [-0.1, -0.05) is 0 Å². The van der Waals surface area contributed by atoms with Crippen molar-refractivity contribution in [2.75, 3.05) is 0 Å². The lowest BCUT2D eigenvalue weighted by atomic mass is 9.94. The van der Waals surface area contributed by atoms with Crippen LogP contribution in [0.4, 0.5) is 0 Å². The predicted molar refractivity (Wildman–Crippen MR) is 90.3 cm³/mol. The Hall–Kier alpha value is -1.90. The van der Waals surface area contributed by atoms with Gasteiger partial charge in [0.25, 0.3) is 0 Å². The van der Waals surface area contributed by atoms with Gasteiger partial charge >= 0.3 is 0 Å². The summed E-state index contributed by atoms with van der Waals surface area (Å²) in [6.45, 7) is 0. The van der Waals surface area contributed by atoms with E-state index in [0.29, 0.717) is 5.56 Å². The van der Waals surface area contributed by atoms with E-state index in [0.717, 1.165) is 46.0 Å². The zero-order chi connectivity index (χ0) is 15.1. The minimum Gasteiger partial charge on any atom is -0.506 e. The van der Waals surface area contributed by atoms with Crippen molar-refractivity contribution < 1.29 is 9.52 Å². The first kappa shape index (κ1) is 13.7. The maximum atomic E-state index is 10.5. The van der Waals surface area contributed by atoms with Gasteiger partial charge in [-0.25, -0.2) is 4.68 Å². The number of benzene rings is 1. The molecular formula is C15H13IN4O2. The van der Waals surface area contributed by atoms with Crippen LogP contribution in [0.25, 0.3) is 11.0 Å². The number of fused-ring (bicyclic) bond motifs is 3. The fraction of sp³-hybridized carbons (Fsp3) is 0.267. The highest BCUT2D eigenvalue weighted by Gasteiger charge is 2.22. The lowest BCUT2D eigenvalue weighted by molar-refractivity contribution is 0.470. The lowest BCUT2D eigenvalue weighted by Gasteiger charge is -2.10. The molecule has 1 aromatic carbocycles. The van der Waals surface area contributed by atoms with Gasteiger partial charge in [-0.15, -0.1) is 10.2 Å². The highest BCUT2D eigenvalue weighted by Crippen LogP contribution is 2.39. The Kier molecular flexibility index (Phi) is 3.36. The quantitative estimate of drug-likeness (QED) is 0.523. The molecule has 0 spiro atoms. The van der Waals surface area contributed by atoms with E-state index in [1.165, 1.54) is 22.9 Å². The number of halogens is 1. The highest BCUT2D eigenvalue weighted by atomic mass is 127. The topological polar surface area (TPSA) is 76.4 Å². The maximum absolute atomic E-state index is 10.5. The summed E-state index contributed by atoms with van der Waals surface area (Å²) >= 11 is 2.11. The highest BCUT2D eigenvalue weighted by molar-refractivity contribution is 14.1. The van der Waals surface area contributed by atoms with Crippen LogP contribution in [0.2, 0.25) is 0 Å². The molecule has 3 aromatic rings. The molecule has 1 aliphatic rings. The molecule has 112 valence electrons. The number of furan rings is 1. The van der Waals surface area contributed by atoms with Crippen LogP contribution in [0.15, 0.2) is 28.2 Å². The summed E-state index contributed by atoms with van der Waals surface area (Å²) < 4.78 is 8.24. The summed E-state index contributed by atoms with van der Waals surface area (Å²) in [5.74, 6) is 1.28. The average molecular weight is 408 g/mol. The van der Waals surface area contributed by atoms with Crippen LogP contribution in [0, 0.1) is 3.57 Å². The van der Waals surface area contributed by atoms with Crippen LogP contribution >= 0.6 is 22.6 Å². The summed E-state index contributed by atoms with van der Waals surface area (Å²) in [4.78, 5) is 0. The predicted octanol–water partition coefficient (Wildman–Crippen LogP) is 3.10. The number of aromatic hydroxyl groups is 1. The van der Waals surface area contributed by atoms with Crippen LogP contribution < -0.4 is 0 Å². The van der Waals surface area contributed by atoms with Gasteiger partial charge in [-0.2, -0.15) is 5.10 Å². The van der Waals surface area contributed by atoms with Crippen LogP contribution in [-0.2, 0) is 12.8 Å². The van der Waals surface area contributed by atoms with Gasteiger partial charge in [0.15, 0.2) is 0 Å². The molecule has 0 bridgehead atoms. The molecule has 7 heteroatoms. The molecule has 0 fully saturated rings. The van der Waals surface area contributed by atoms with Crippen molar-refractivity contribution in [2.24, 2.45) is 5.10 Å². The molecule has 6 nitrogen and oxygen atoms in total. The smallest absolute Gasteiger partial charge is 0.141 e. The van der Waals surface area contributed by atoms with E-state index in [4.69, 9.17) is 4.42 Å². The van der Waals surface area contributed by atoms with Crippen molar-refractivity contribution in [3.8, 4) is 5.75 Å². The van der Waals surface area contributed by atoms with Gasteiger partial charge < -0.3 is 9.52 Å². The summed E-state index contributed by atoms with van der Waals surface area (Å²) in [7, 11) is 0. The molecule has 4 rings (SSSR count). The second kappa shape index (κ2) is 5.38. The number of aryl methyl sites for hydroxylation is 2. The minimum atomic E-state index is 0.235. The van der Waals surface area contributed by atoms with E-state index >= 15 is 0 Å². The van der Waals surface area contributed by atoms with Crippen molar-refractivity contribution in [3.05, 3.63) is 39.2 Å². The van der Waals surface area contributed by atoms with E-state index in [9.17, 15) is 5.11 Å². The summed E-state index contributed by atoms with van der Waals surface area (Å²) in [6, 6.07) is 1.89. The van der Waals surface area contributed by atoms with Crippen molar-refractivity contribution in [2.45, 2.75) is 25.7 Å². The molecular weight excluding hydrogens is 395 g/mol. The Morgan fingerprint density at radius 2 is 2.05 bits per heavy atom. The van der Waals surface area contributed by atoms with Crippen LogP contribution in [0.1, 0.15) is 29.7 Å². The second-order valence-electron chi connectivity index (χ2n) is 5.29. The normalized spacial score (nSPS) is 14.8. The molecule has 1 aliphatic carbocycles. The number of rotatable bonds is 2. The molecule has 0 amide bonds. The monoisotopic (exact) mass is 408 g/mol. The summed E-state index contributed by atoms with van der Waals surface area (Å²) in [5, 5.41) is 23.1. The third-order valence-corrected chi connectivity index (χ3v) is 4.76. The lowest BCUT2D eigenvalue weighted by Crippen LogP contribution is -2.00. The molecule has 0 atom stereocenters. The van der Waals surface area contributed by atoms with E-state index < -0.39 is 0 Å². The number of nitrogens with zero attached hydrogens (tertiary/aromatic N) is 4. The molecule has 2 heterocycles. The van der Waals surface area contributed by atoms with Gasteiger partial charge in [0.05, 0.1) is 9.78 Å². The third kappa shape index (κ3) is 2.20. The van der Waals surface area contributed by atoms with Crippen molar-refractivity contribution in [1.82, 2.24) is 14.9 Å². The van der Waals surface area contributed by atoms with Gasteiger partial charge in [0.2, 0.25) is 0 Å². The molecule has 0 radical (unpaired) electrons. The third-order valence-electron chi connectivity index (χ3n) is 3.93. The number of phenols is 1. The number of phenolic OH excluding ortho intramolecular Hbond substituents is 1. The Morgan fingerprint density at radius 1 is 1.27 bits per heavy atom. The van der Waals surface area contributed by atoms with Gasteiger partial charge in [0, 0.05) is 22.9 Å². The van der Waals surface area contributed by atoms with Gasteiger partial charge in [0.1, 0.15) is 29.7 Å². The number of aromatic nitrogens is 3. The van der Waals surface area contributed by atoms with E-state index in [1.54, 1.807) is 6.21 Å². The number of hydrogen-bond donors (Lipinski definition) is 1. The fourth-order valence-electron chi connectivity index (χ4n) is 2.92. The van der Waals surface area contributed by atoms with E-state index in [1.807, 2.05) is 6.07 Å². The molecule has 0 aliphatic heterocycles. The van der Waals surface area contributed by atoms with Crippen molar-refractivity contribution >= 4 is 39.8 Å². The van der Waals surface area contributed by atoms with Gasteiger partial charge in [-0.05, 0) is 47.9 Å². The Morgan fingerprint density at radius 3 is 2.86 bits per heavy atom. The van der Waals surface area contributed by atoms with Crippen LogP contribution in [0.3, 0.4) is 0 Å². The van der Waals surface area contributed by atoms with Crippen molar-refractivity contribution in [3.63, 3.8) is 0 Å². The zero-order valence-corrected chi connectivity index (χ0v) is 13.8. The Bertz CT molecular complexity index is 868. The Balaban J connectivity index is 1.94. The number of hydrogen-bond acceptors (Lipinski definition) is 5. The first-order valence-corrected chi connectivity index (χ1v) is 8.16. The summed E-state index contributed by atoms with van der Waals surface area (Å²) in [5.41, 5.74) is 2.72. The second-order valence-corrected chi connectivity index (χ2v) is 6.45. The fourth-order valence-corrected chi connectivity index (χ4v) is 3.49. The first-order chi connectivity index (χ1) is 10.7. The molecule has 0 unspecified atom stereocenters. The molecule has 2 aromatic heterocycles. The molecule has 1 N–H and O–H groups in total. The van der Waals surface area contributed by atoms with E-state index in [-0.39, 0.29) is 5.75 Å².